The van der Waals surface area contributed by atoms with Gasteiger partial charge in [-0.25, -0.2) is 0 Å². The summed E-state index contributed by atoms with van der Waals surface area (Å²) in [6, 6.07) is 16.8. The first-order chi connectivity index (χ1) is 10.7. The van der Waals surface area contributed by atoms with Crippen LogP contribution < -0.4 is 5.32 Å². The molecule has 0 aromatic heterocycles. The van der Waals surface area contributed by atoms with Gasteiger partial charge in [-0.3, -0.25) is 4.79 Å². The van der Waals surface area contributed by atoms with Crippen LogP contribution >= 0.6 is 15.9 Å². The van der Waals surface area contributed by atoms with E-state index in [-0.39, 0.29) is 11.9 Å². The zero-order valence-corrected chi connectivity index (χ0v) is 14.3. The number of benzene rings is 2. The van der Waals surface area contributed by atoms with Crippen molar-refractivity contribution in [3.8, 4) is 0 Å². The largest absolute Gasteiger partial charge is 0.372 e. The lowest BCUT2D eigenvalue weighted by Gasteiger charge is -2.26. The molecule has 0 aliphatic heterocycles. The molecule has 0 spiro atoms. The second-order valence-corrected chi connectivity index (χ2v) is 5.84. The number of halogens is 1. The van der Waals surface area contributed by atoms with Crippen molar-refractivity contribution in [1.29, 1.82) is 0 Å². The first kappa shape index (κ1) is 16.9. The highest BCUT2D eigenvalue weighted by atomic mass is 79.9. The lowest BCUT2D eigenvalue weighted by Crippen LogP contribution is -2.40. The number of hydrogen-bond acceptors (Lipinski definition) is 3. The molecule has 0 bridgehead atoms. The van der Waals surface area contributed by atoms with Crippen molar-refractivity contribution in [2.45, 2.75) is 19.1 Å². The summed E-state index contributed by atoms with van der Waals surface area (Å²) in [6.45, 7) is 2.48. The number of carbonyl (C=O) groups is 1. The highest BCUT2D eigenvalue weighted by Crippen LogP contribution is 2.25. The summed E-state index contributed by atoms with van der Waals surface area (Å²) < 4.78 is 6.87. The molecule has 2 aromatic rings. The topological polar surface area (TPSA) is 38.3 Å². The summed E-state index contributed by atoms with van der Waals surface area (Å²) in [5.41, 5.74) is 1.66. The molecular weight excluding hydrogens is 342 g/mol. The number of hydrogen-bond donors (Lipinski definition) is 1. The Morgan fingerprint density at radius 2 is 1.77 bits per heavy atom. The molecule has 0 radical (unpaired) electrons. The summed E-state index contributed by atoms with van der Waals surface area (Å²) in [5, 5.41) is 3.11. The van der Waals surface area contributed by atoms with Crippen molar-refractivity contribution in [1.82, 2.24) is 5.32 Å². The lowest BCUT2D eigenvalue weighted by molar-refractivity contribution is 0.0332. The minimum Gasteiger partial charge on any atom is -0.372 e. The number of rotatable bonds is 7. The van der Waals surface area contributed by atoms with Crippen LogP contribution in [0.5, 0.6) is 0 Å². The van der Waals surface area contributed by atoms with E-state index in [0.29, 0.717) is 12.2 Å². The molecule has 2 rings (SSSR count). The summed E-state index contributed by atoms with van der Waals surface area (Å²) in [7, 11) is 1.79. The molecular formula is C18H20BrNO2. The Labute approximate surface area is 139 Å². The van der Waals surface area contributed by atoms with Gasteiger partial charge in [0, 0.05) is 16.6 Å². The highest BCUT2D eigenvalue weighted by Gasteiger charge is 2.29. The second-order valence-electron chi connectivity index (χ2n) is 4.92. The lowest BCUT2D eigenvalue weighted by atomic mass is 9.95. The van der Waals surface area contributed by atoms with Crippen LogP contribution in [0.3, 0.4) is 0 Å². The van der Waals surface area contributed by atoms with Crippen LogP contribution in [0.4, 0.5) is 0 Å². The van der Waals surface area contributed by atoms with E-state index in [9.17, 15) is 4.79 Å². The third-order valence-corrected chi connectivity index (χ3v) is 4.03. The van der Waals surface area contributed by atoms with Crippen molar-refractivity contribution in [3.05, 3.63) is 70.2 Å². The third kappa shape index (κ3) is 4.03. The fourth-order valence-electron chi connectivity index (χ4n) is 2.42. The third-order valence-electron chi connectivity index (χ3n) is 3.50. The van der Waals surface area contributed by atoms with Gasteiger partial charge in [0.25, 0.3) is 0 Å². The maximum Gasteiger partial charge on any atom is 0.182 e. The van der Waals surface area contributed by atoms with Gasteiger partial charge in [0.05, 0.1) is 0 Å². The van der Waals surface area contributed by atoms with Crippen molar-refractivity contribution in [2.24, 2.45) is 0 Å². The molecule has 0 aliphatic carbocycles. The quantitative estimate of drug-likeness (QED) is 0.757. The van der Waals surface area contributed by atoms with Gasteiger partial charge in [0.2, 0.25) is 0 Å². The van der Waals surface area contributed by atoms with E-state index in [2.05, 4.69) is 21.2 Å². The number of ketones is 1. The molecule has 0 saturated carbocycles. The molecule has 2 aromatic carbocycles. The molecule has 116 valence electrons. The van der Waals surface area contributed by atoms with E-state index in [1.807, 2.05) is 61.5 Å². The fourth-order valence-corrected chi connectivity index (χ4v) is 2.68. The van der Waals surface area contributed by atoms with Crippen LogP contribution in [0.15, 0.2) is 59.1 Å². The minimum absolute atomic E-state index is 0.0319. The van der Waals surface area contributed by atoms with E-state index in [1.165, 1.54) is 0 Å². The molecule has 3 nitrogen and oxygen atoms in total. The van der Waals surface area contributed by atoms with Crippen LogP contribution in [0, 0.1) is 0 Å². The van der Waals surface area contributed by atoms with E-state index in [1.54, 1.807) is 7.05 Å². The highest BCUT2D eigenvalue weighted by molar-refractivity contribution is 9.10. The fraction of sp³-hybridized carbons (Fsp3) is 0.278. The van der Waals surface area contributed by atoms with Crippen LogP contribution in [-0.4, -0.2) is 25.5 Å². The van der Waals surface area contributed by atoms with Crippen molar-refractivity contribution in [2.75, 3.05) is 13.7 Å². The predicted octanol–water partition coefficient (Wildman–Crippen LogP) is 4.00. The number of ether oxygens (including phenoxy) is 1. The molecule has 0 saturated heterocycles. The van der Waals surface area contributed by atoms with Crippen molar-refractivity contribution < 1.29 is 9.53 Å². The first-order valence-electron chi connectivity index (χ1n) is 7.31. The maximum atomic E-state index is 12.8. The van der Waals surface area contributed by atoms with Crippen molar-refractivity contribution in [3.63, 3.8) is 0 Å². The van der Waals surface area contributed by atoms with Crippen molar-refractivity contribution >= 4 is 21.7 Å². The molecule has 0 fully saturated rings. The smallest absolute Gasteiger partial charge is 0.182 e. The molecule has 0 aliphatic rings. The molecule has 0 amide bonds. The number of nitrogens with one attached hydrogen (secondary N) is 1. The van der Waals surface area contributed by atoms with Gasteiger partial charge < -0.3 is 10.1 Å². The van der Waals surface area contributed by atoms with Gasteiger partial charge in [0.1, 0.15) is 12.1 Å². The average molecular weight is 362 g/mol. The number of carbonyl (C=O) groups excluding carboxylic acids is 1. The van der Waals surface area contributed by atoms with E-state index >= 15 is 0 Å². The summed E-state index contributed by atoms with van der Waals surface area (Å²) in [6.07, 6.45) is -0.323. The Kier molecular flexibility index (Phi) is 6.31. The zero-order valence-electron chi connectivity index (χ0n) is 12.8. The Morgan fingerprint density at radius 3 is 2.32 bits per heavy atom. The summed E-state index contributed by atoms with van der Waals surface area (Å²) >= 11 is 3.43. The Bertz CT molecular complexity index is 598. The van der Waals surface area contributed by atoms with Gasteiger partial charge in [-0.1, -0.05) is 58.4 Å². The Balaban J connectivity index is 2.31. The van der Waals surface area contributed by atoms with Crippen LogP contribution in [0.25, 0.3) is 0 Å². The van der Waals surface area contributed by atoms with Gasteiger partial charge >= 0.3 is 0 Å². The first-order valence-corrected chi connectivity index (χ1v) is 8.10. The summed E-state index contributed by atoms with van der Waals surface area (Å²) in [5.74, 6) is 0.0319. The zero-order chi connectivity index (χ0) is 15.9. The monoisotopic (exact) mass is 361 g/mol. The van der Waals surface area contributed by atoms with Crippen LogP contribution in [-0.2, 0) is 4.74 Å². The molecule has 22 heavy (non-hydrogen) atoms. The van der Waals surface area contributed by atoms with Gasteiger partial charge in [-0.15, -0.1) is 0 Å². The number of likely N-dealkylation sites (N-methyl/N-ethyl adjacent to an activating group) is 1. The number of Topliss-reactive ketones (excluding diaryl/α,β-unsaturated/α-hetero) is 1. The second kappa shape index (κ2) is 8.22. The SMILES string of the molecule is CCO[C@H](c1ccc(Br)cc1)[C@@H](NC)C(=O)c1ccccc1. The van der Waals surface area contributed by atoms with Gasteiger partial charge in [0.15, 0.2) is 5.78 Å². The molecule has 0 unspecified atom stereocenters. The Morgan fingerprint density at radius 1 is 1.14 bits per heavy atom. The van der Waals surface area contributed by atoms with E-state index in [0.717, 1.165) is 10.0 Å². The van der Waals surface area contributed by atoms with Crippen LogP contribution in [0.2, 0.25) is 0 Å². The maximum absolute atomic E-state index is 12.8. The summed E-state index contributed by atoms with van der Waals surface area (Å²) in [4.78, 5) is 12.8. The average Bonchev–Trinajstić information content (AvgIpc) is 2.56. The standard InChI is InChI=1S/C18H20BrNO2/c1-3-22-18(14-9-11-15(19)12-10-14)16(20-2)17(21)13-7-5-4-6-8-13/h4-12,16,18,20H,3H2,1-2H3/t16-,18+/m0/s1. The molecule has 2 atom stereocenters. The minimum atomic E-state index is -0.427. The molecule has 1 N–H and O–H groups in total. The van der Waals surface area contributed by atoms with Crippen LogP contribution in [0.1, 0.15) is 28.9 Å². The Hall–Kier alpha value is -1.49. The van der Waals surface area contributed by atoms with E-state index < -0.39 is 6.04 Å². The van der Waals surface area contributed by atoms with Gasteiger partial charge in [-0.05, 0) is 31.7 Å². The van der Waals surface area contributed by atoms with E-state index in [4.69, 9.17) is 4.74 Å². The normalized spacial score (nSPS) is 13.6. The molecule has 4 heteroatoms. The predicted molar refractivity (Wildman–Crippen MR) is 92.1 cm³/mol. The van der Waals surface area contributed by atoms with Gasteiger partial charge in [-0.2, -0.15) is 0 Å². The molecule has 0 heterocycles.